The van der Waals surface area contributed by atoms with Crippen LogP contribution in [0.3, 0.4) is 0 Å². The molecule has 0 aliphatic rings. The monoisotopic (exact) mass is 278 g/mol. The van der Waals surface area contributed by atoms with Crippen LogP contribution >= 0.6 is 9.24 Å². The molecule has 0 aromatic heterocycles. The number of rotatable bonds is 11. The third-order valence-corrected chi connectivity index (χ3v) is 2.79. The maximum absolute atomic E-state index is 11.6. The van der Waals surface area contributed by atoms with Gasteiger partial charge in [0.2, 0.25) is 0 Å². The average Bonchev–Trinajstić information content (AvgIpc) is 2.34. The lowest BCUT2D eigenvalue weighted by molar-refractivity contribution is -0.142. The molecule has 18 heavy (non-hydrogen) atoms. The largest absolute Gasteiger partial charge is 0.462 e. The Morgan fingerprint density at radius 3 is 2.50 bits per heavy atom. The number of esters is 1. The van der Waals surface area contributed by atoms with Gasteiger partial charge in [0.1, 0.15) is 12.1 Å². The van der Waals surface area contributed by atoms with Crippen molar-refractivity contribution in [1.29, 1.82) is 0 Å². The van der Waals surface area contributed by atoms with Gasteiger partial charge >= 0.3 is 5.97 Å². The fraction of sp³-hybridized carbons (Fsp3) is 0.833. The van der Waals surface area contributed by atoms with E-state index in [0.29, 0.717) is 13.0 Å². The predicted octanol–water partition coefficient (Wildman–Crippen LogP) is 0.948. The Morgan fingerprint density at radius 2 is 1.89 bits per heavy atom. The maximum atomic E-state index is 11.6. The van der Waals surface area contributed by atoms with E-state index in [1.807, 2.05) is 9.24 Å². The van der Waals surface area contributed by atoms with Gasteiger partial charge in [0.05, 0.1) is 13.8 Å². The topological polar surface area (TPSA) is 95.4 Å². The Bertz CT molecular complexity index is 278. The summed E-state index contributed by atoms with van der Waals surface area (Å²) >= 11 is 0. The quantitative estimate of drug-likeness (QED) is 0.333. The molecule has 0 spiro atoms. The molecule has 0 amide bonds. The van der Waals surface area contributed by atoms with Gasteiger partial charge in [-0.15, -0.1) is 0 Å². The van der Waals surface area contributed by atoms with Crippen LogP contribution in [0.25, 0.3) is 0 Å². The first-order valence-electron chi connectivity index (χ1n) is 6.90. The van der Waals surface area contributed by atoms with Gasteiger partial charge in [0, 0.05) is 6.42 Å². The molecule has 0 heterocycles. The van der Waals surface area contributed by atoms with Crippen molar-refractivity contribution < 1.29 is 15.7 Å². The van der Waals surface area contributed by atoms with E-state index in [9.17, 15) is 9.59 Å². The van der Waals surface area contributed by atoms with Crippen LogP contribution in [0, 0.1) is 0 Å². The lowest BCUT2D eigenvalue weighted by atomic mass is 10.0. The normalized spacial score (nSPS) is 14.7. The summed E-state index contributed by atoms with van der Waals surface area (Å²) in [6.45, 7) is 0.694. The van der Waals surface area contributed by atoms with E-state index < -0.39 is 18.3 Å². The molecule has 2 unspecified atom stereocenters. The SMILES string of the molecule is [3H]C(P)OC(=O)CCC(=O)[C@@H](N)CCCCCCN. The van der Waals surface area contributed by atoms with E-state index in [2.05, 4.69) is 4.74 Å². The highest BCUT2D eigenvalue weighted by atomic mass is 31.0. The summed E-state index contributed by atoms with van der Waals surface area (Å²) in [5.74, 6) is -0.667. The van der Waals surface area contributed by atoms with Gasteiger partial charge in [0.25, 0.3) is 0 Å². The molecule has 0 aliphatic carbocycles. The van der Waals surface area contributed by atoms with Crippen LogP contribution in [-0.2, 0) is 14.3 Å². The second kappa shape index (κ2) is 11.6. The van der Waals surface area contributed by atoms with E-state index in [1.165, 1.54) is 0 Å². The maximum Gasteiger partial charge on any atom is 0.306 e. The molecule has 0 saturated carbocycles. The highest BCUT2D eigenvalue weighted by Crippen LogP contribution is 2.07. The Balaban J connectivity index is 3.67. The van der Waals surface area contributed by atoms with Gasteiger partial charge < -0.3 is 16.2 Å². The summed E-state index contributed by atoms with van der Waals surface area (Å²) in [7, 11) is 2.04. The van der Waals surface area contributed by atoms with Crippen molar-refractivity contribution in [3.05, 3.63) is 0 Å². The third kappa shape index (κ3) is 9.51. The highest BCUT2D eigenvalue weighted by molar-refractivity contribution is 7.16. The van der Waals surface area contributed by atoms with Crippen molar-refractivity contribution in [1.82, 2.24) is 0 Å². The molecule has 0 radical (unpaired) electrons. The van der Waals surface area contributed by atoms with Crippen molar-refractivity contribution in [2.24, 2.45) is 11.5 Å². The van der Waals surface area contributed by atoms with Crippen LogP contribution in [0.15, 0.2) is 0 Å². The van der Waals surface area contributed by atoms with Crippen molar-refractivity contribution in [2.45, 2.75) is 51.0 Å². The number of hydrogen-bond acceptors (Lipinski definition) is 5. The molecular weight excluding hydrogens is 251 g/mol. The molecule has 0 saturated heterocycles. The van der Waals surface area contributed by atoms with Gasteiger partial charge in [0.15, 0.2) is 0 Å². The van der Waals surface area contributed by atoms with Crippen LogP contribution in [-0.4, -0.2) is 30.7 Å². The standard InChI is InChI=1S/C12H25N2O3P/c13-8-4-2-1-3-5-10(14)11(15)6-7-12(16)17-9-18/h10H,1-9,13-14,18H2/t10-/m0/s1/i9T/t9?,10-. The number of unbranched alkanes of at least 4 members (excludes halogenated alkanes) is 3. The Kier molecular flexibility index (Phi) is 10.00. The summed E-state index contributed by atoms with van der Waals surface area (Å²) in [6.07, 6.45) is 3.72. The number of carbonyl (C=O) groups excluding carboxylic acids is 2. The minimum Gasteiger partial charge on any atom is -0.462 e. The van der Waals surface area contributed by atoms with Crippen LogP contribution in [0.2, 0.25) is 0 Å². The molecule has 6 heteroatoms. The molecule has 0 rings (SSSR count). The molecule has 106 valence electrons. The molecule has 5 nitrogen and oxygen atoms in total. The first kappa shape index (κ1) is 15.5. The number of nitrogens with two attached hydrogens (primary N) is 2. The number of ketones is 1. The van der Waals surface area contributed by atoms with Crippen LogP contribution in [0.4, 0.5) is 0 Å². The van der Waals surface area contributed by atoms with Crippen LogP contribution < -0.4 is 11.5 Å². The highest BCUT2D eigenvalue weighted by Gasteiger charge is 2.14. The first-order valence-corrected chi connectivity index (χ1v) is 6.99. The van der Waals surface area contributed by atoms with Crippen molar-refractivity contribution in [2.75, 3.05) is 12.9 Å². The van der Waals surface area contributed by atoms with Gasteiger partial charge in [-0.3, -0.25) is 9.59 Å². The van der Waals surface area contributed by atoms with Gasteiger partial charge in [-0.1, -0.05) is 28.5 Å². The smallest absolute Gasteiger partial charge is 0.306 e. The predicted molar refractivity (Wildman–Crippen MR) is 75.0 cm³/mol. The van der Waals surface area contributed by atoms with E-state index in [1.54, 1.807) is 0 Å². The van der Waals surface area contributed by atoms with E-state index in [4.69, 9.17) is 12.8 Å². The summed E-state index contributed by atoms with van der Waals surface area (Å²) in [4.78, 5) is 22.8. The molecule has 3 atom stereocenters. The minimum absolute atomic E-state index is 0.0104. The molecule has 0 aliphatic heterocycles. The van der Waals surface area contributed by atoms with Crippen LogP contribution in [0.5, 0.6) is 0 Å². The van der Waals surface area contributed by atoms with Gasteiger partial charge in [-0.25, -0.2) is 0 Å². The average molecular weight is 278 g/mol. The first-order chi connectivity index (χ1) is 8.97. The number of ether oxygens (including phenoxy) is 1. The molecule has 0 fully saturated rings. The van der Waals surface area contributed by atoms with E-state index >= 15 is 0 Å². The zero-order valence-corrected chi connectivity index (χ0v) is 11.9. The van der Waals surface area contributed by atoms with Crippen molar-refractivity contribution in [3.8, 4) is 0 Å². The summed E-state index contributed by atoms with van der Waals surface area (Å²) in [5, 5.41) is 0. The van der Waals surface area contributed by atoms with Gasteiger partial charge in [-0.05, 0) is 19.4 Å². The molecule has 4 N–H and O–H groups in total. The Hall–Kier alpha value is -0.510. The zero-order valence-electron chi connectivity index (χ0n) is 11.8. The van der Waals surface area contributed by atoms with Gasteiger partial charge in [-0.2, -0.15) is 0 Å². The second-order valence-corrected chi connectivity index (χ2v) is 4.46. The van der Waals surface area contributed by atoms with Crippen LogP contribution in [0.1, 0.15) is 46.3 Å². The summed E-state index contributed by atoms with van der Waals surface area (Å²) < 4.78 is 11.6. The number of hydrogen-bond donors (Lipinski definition) is 2. The minimum atomic E-state index is -0.973. The Labute approximate surface area is 113 Å². The zero-order chi connectivity index (χ0) is 14.7. The molecular formula is C12H25N2O3P. The molecule has 0 aromatic carbocycles. The second-order valence-electron chi connectivity index (χ2n) is 4.19. The fourth-order valence-corrected chi connectivity index (χ4v) is 1.72. The fourth-order valence-electron chi connectivity index (χ4n) is 1.57. The Morgan fingerprint density at radius 1 is 1.22 bits per heavy atom. The lowest BCUT2D eigenvalue weighted by Gasteiger charge is -2.10. The summed E-state index contributed by atoms with van der Waals surface area (Å²) in [5.41, 5.74) is 11.1. The lowest BCUT2D eigenvalue weighted by Crippen LogP contribution is -2.30. The van der Waals surface area contributed by atoms with E-state index in [0.717, 1.165) is 25.7 Å². The molecule has 0 aromatic rings. The molecule has 0 bridgehead atoms. The third-order valence-electron chi connectivity index (χ3n) is 2.66. The van der Waals surface area contributed by atoms with E-state index in [-0.39, 0.29) is 18.6 Å². The van der Waals surface area contributed by atoms with Crippen molar-refractivity contribution >= 4 is 21.0 Å². The summed E-state index contributed by atoms with van der Waals surface area (Å²) in [6, 6.07) is -0.506. The number of Topliss-reactive ketones (excluding diaryl/α,β-unsaturated/α-hetero) is 1. The van der Waals surface area contributed by atoms with Crippen molar-refractivity contribution in [3.63, 3.8) is 0 Å². The number of carbonyl (C=O) groups is 2.